The highest BCUT2D eigenvalue weighted by atomic mass is 127. The fourth-order valence-electron chi connectivity index (χ4n) is 3.36. The minimum absolute atomic E-state index is 0. The molecule has 0 aromatic heterocycles. The van der Waals surface area contributed by atoms with E-state index in [-0.39, 0.29) is 66.3 Å². The van der Waals surface area contributed by atoms with Crippen molar-refractivity contribution in [2.75, 3.05) is 32.4 Å². The Morgan fingerprint density at radius 2 is 1.85 bits per heavy atom. The van der Waals surface area contributed by atoms with E-state index >= 15 is 0 Å². The SMILES string of the molecule is CN=C(NCCS(=O)(=O)NC(C)C)N1CC(=O)N(C(C)C)C(C)(C)C1.I. The van der Waals surface area contributed by atoms with Gasteiger partial charge in [0, 0.05) is 32.2 Å². The first-order valence-electron chi connectivity index (χ1n) is 8.67. The van der Waals surface area contributed by atoms with Gasteiger partial charge in [0.15, 0.2) is 5.96 Å². The largest absolute Gasteiger partial charge is 0.355 e. The van der Waals surface area contributed by atoms with Crippen molar-refractivity contribution in [2.45, 2.75) is 59.2 Å². The molecule has 0 bridgehead atoms. The van der Waals surface area contributed by atoms with Crippen LogP contribution >= 0.6 is 24.0 Å². The monoisotopic (exact) mass is 503 g/mol. The minimum Gasteiger partial charge on any atom is -0.355 e. The first-order chi connectivity index (χ1) is 11.4. The van der Waals surface area contributed by atoms with Gasteiger partial charge in [0.25, 0.3) is 0 Å². The number of hydrogen-bond acceptors (Lipinski definition) is 4. The van der Waals surface area contributed by atoms with Crippen LogP contribution in [0.15, 0.2) is 4.99 Å². The molecule has 26 heavy (non-hydrogen) atoms. The number of hydrogen-bond donors (Lipinski definition) is 2. The van der Waals surface area contributed by atoms with Gasteiger partial charge in [-0.25, -0.2) is 13.1 Å². The number of amides is 1. The van der Waals surface area contributed by atoms with Gasteiger partial charge in [-0.3, -0.25) is 9.79 Å². The van der Waals surface area contributed by atoms with Gasteiger partial charge in [0.1, 0.15) is 0 Å². The van der Waals surface area contributed by atoms with Crippen LogP contribution in [0.25, 0.3) is 0 Å². The summed E-state index contributed by atoms with van der Waals surface area (Å²) in [5.74, 6) is 0.543. The molecule has 8 nitrogen and oxygen atoms in total. The molecule has 10 heteroatoms. The number of nitrogens with one attached hydrogen (secondary N) is 2. The van der Waals surface area contributed by atoms with Crippen molar-refractivity contribution < 1.29 is 13.2 Å². The Kier molecular flexibility index (Phi) is 9.83. The van der Waals surface area contributed by atoms with Crippen molar-refractivity contribution in [2.24, 2.45) is 4.99 Å². The molecule has 0 saturated carbocycles. The number of rotatable bonds is 6. The van der Waals surface area contributed by atoms with Crippen LogP contribution in [0.5, 0.6) is 0 Å². The standard InChI is InChI=1S/C16H33N5O3S.HI/c1-12(2)19-25(23,24)9-8-18-15(17-7)20-10-14(22)21(13(3)4)16(5,6)11-20;/h12-13,19H,8-11H2,1-7H3,(H,17,18);1H. The summed E-state index contributed by atoms with van der Waals surface area (Å²) >= 11 is 0. The molecule has 0 aromatic rings. The summed E-state index contributed by atoms with van der Waals surface area (Å²) in [6.45, 7) is 12.7. The van der Waals surface area contributed by atoms with Crippen LogP contribution in [-0.2, 0) is 14.8 Å². The molecule has 0 spiro atoms. The zero-order chi connectivity index (χ0) is 19.4. The molecule has 0 radical (unpaired) electrons. The Balaban J connectivity index is 0.00000625. The molecule has 0 aliphatic carbocycles. The highest BCUT2D eigenvalue weighted by molar-refractivity contribution is 14.0. The molecule has 154 valence electrons. The van der Waals surface area contributed by atoms with Crippen molar-refractivity contribution in [1.29, 1.82) is 0 Å². The quantitative estimate of drug-likeness (QED) is 0.318. The van der Waals surface area contributed by atoms with Crippen LogP contribution in [0.2, 0.25) is 0 Å². The van der Waals surface area contributed by atoms with E-state index in [9.17, 15) is 13.2 Å². The summed E-state index contributed by atoms with van der Waals surface area (Å²) in [5, 5.41) is 3.06. The van der Waals surface area contributed by atoms with E-state index in [1.165, 1.54) is 0 Å². The molecular weight excluding hydrogens is 469 g/mol. The third kappa shape index (κ3) is 7.18. The molecule has 2 N–H and O–H groups in total. The lowest BCUT2D eigenvalue weighted by Crippen LogP contribution is -2.66. The molecule has 0 atom stereocenters. The van der Waals surface area contributed by atoms with Gasteiger partial charge in [-0.1, -0.05) is 0 Å². The Labute approximate surface area is 175 Å². The fraction of sp³-hybridized carbons (Fsp3) is 0.875. The second-order valence-electron chi connectivity index (χ2n) is 7.59. The number of halogens is 1. The second-order valence-corrected chi connectivity index (χ2v) is 9.46. The van der Waals surface area contributed by atoms with E-state index in [1.54, 1.807) is 20.9 Å². The number of aliphatic imine (C=N–C) groups is 1. The molecule has 0 aromatic carbocycles. The zero-order valence-corrected chi connectivity index (χ0v) is 20.0. The summed E-state index contributed by atoms with van der Waals surface area (Å²) in [7, 11) is -1.70. The third-order valence-electron chi connectivity index (χ3n) is 3.92. The van der Waals surface area contributed by atoms with Crippen LogP contribution < -0.4 is 10.0 Å². The molecule has 1 amide bonds. The first-order valence-corrected chi connectivity index (χ1v) is 10.3. The maximum atomic E-state index is 12.5. The minimum atomic E-state index is -3.33. The Morgan fingerprint density at radius 1 is 1.27 bits per heavy atom. The fourth-order valence-corrected chi connectivity index (χ4v) is 4.57. The van der Waals surface area contributed by atoms with Gasteiger partial charge in [-0.15, -0.1) is 24.0 Å². The molecular formula is C16H34IN5O3S. The average Bonchev–Trinajstić information content (AvgIpc) is 2.39. The lowest BCUT2D eigenvalue weighted by Gasteiger charge is -2.49. The number of piperazine rings is 1. The molecule has 1 saturated heterocycles. The highest BCUT2D eigenvalue weighted by Gasteiger charge is 2.40. The van der Waals surface area contributed by atoms with Crippen LogP contribution in [-0.4, -0.2) is 80.1 Å². The second kappa shape index (κ2) is 10.1. The molecule has 1 rings (SSSR count). The van der Waals surface area contributed by atoms with E-state index in [4.69, 9.17) is 0 Å². The maximum Gasteiger partial charge on any atom is 0.242 e. The predicted octanol–water partition coefficient (Wildman–Crippen LogP) is 0.839. The van der Waals surface area contributed by atoms with E-state index in [0.717, 1.165) is 0 Å². The van der Waals surface area contributed by atoms with Gasteiger partial charge in [0.2, 0.25) is 15.9 Å². The van der Waals surface area contributed by atoms with Crippen molar-refractivity contribution in [3.8, 4) is 0 Å². The predicted molar refractivity (Wildman–Crippen MR) is 116 cm³/mol. The number of carbonyl (C=O) groups is 1. The number of guanidine groups is 1. The van der Waals surface area contributed by atoms with E-state index < -0.39 is 10.0 Å². The summed E-state index contributed by atoms with van der Waals surface area (Å²) in [4.78, 5) is 20.5. The molecule has 1 fully saturated rings. The topological polar surface area (TPSA) is 94.1 Å². The van der Waals surface area contributed by atoms with Gasteiger partial charge < -0.3 is 15.1 Å². The highest BCUT2D eigenvalue weighted by Crippen LogP contribution is 2.24. The third-order valence-corrected chi connectivity index (χ3v) is 5.49. The lowest BCUT2D eigenvalue weighted by atomic mass is 9.96. The van der Waals surface area contributed by atoms with Crippen molar-refractivity contribution in [1.82, 2.24) is 19.8 Å². The van der Waals surface area contributed by atoms with Crippen LogP contribution in [0.3, 0.4) is 0 Å². The number of nitrogens with zero attached hydrogens (tertiary/aromatic N) is 3. The normalized spacial score (nSPS) is 18.3. The van der Waals surface area contributed by atoms with Gasteiger partial charge in [-0.05, 0) is 41.5 Å². The smallest absolute Gasteiger partial charge is 0.242 e. The lowest BCUT2D eigenvalue weighted by molar-refractivity contribution is -0.145. The molecule has 0 unspecified atom stereocenters. The Morgan fingerprint density at radius 3 is 2.27 bits per heavy atom. The van der Waals surface area contributed by atoms with Gasteiger partial charge >= 0.3 is 0 Å². The Hall–Kier alpha value is -0.620. The molecule has 1 aliphatic rings. The summed E-state index contributed by atoms with van der Waals surface area (Å²) in [5.41, 5.74) is -0.327. The van der Waals surface area contributed by atoms with Gasteiger partial charge in [0.05, 0.1) is 17.8 Å². The average molecular weight is 503 g/mol. The van der Waals surface area contributed by atoms with Crippen LogP contribution in [0.1, 0.15) is 41.5 Å². The van der Waals surface area contributed by atoms with Gasteiger partial charge in [-0.2, -0.15) is 0 Å². The van der Waals surface area contributed by atoms with Crippen molar-refractivity contribution >= 4 is 45.9 Å². The van der Waals surface area contributed by atoms with E-state index in [2.05, 4.69) is 15.0 Å². The summed E-state index contributed by atoms with van der Waals surface area (Å²) in [6, 6.07) is -0.00119. The first kappa shape index (κ1) is 25.4. The molecule has 1 heterocycles. The molecule has 1 aliphatic heterocycles. The maximum absolute atomic E-state index is 12.5. The van der Waals surface area contributed by atoms with Crippen molar-refractivity contribution in [3.05, 3.63) is 0 Å². The zero-order valence-electron chi connectivity index (χ0n) is 16.9. The van der Waals surface area contributed by atoms with E-state index in [1.807, 2.05) is 37.5 Å². The summed E-state index contributed by atoms with van der Waals surface area (Å²) in [6.07, 6.45) is 0. The number of sulfonamides is 1. The van der Waals surface area contributed by atoms with Crippen LogP contribution in [0, 0.1) is 0 Å². The van der Waals surface area contributed by atoms with Crippen LogP contribution in [0.4, 0.5) is 0 Å². The summed E-state index contributed by atoms with van der Waals surface area (Å²) < 4.78 is 26.3. The van der Waals surface area contributed by atoms with E-state index in [0.29, 0.717) is 12.5 Å². The Bertz CT molecular complexity index is 605. The number of carbonyl (C=O) groups excluding carboxylic acids is 1. The van der Waals surface area contributed by atoms with Crippen molar-refractivity contribution in [3.63, 3.8) is 0 Å².